The van der Waals surface area contributed by atoms with Gasteiger partial charge in [-0.15, -0.1) is 0 Å². The number of amides is 2. The lowest BCUT2D eigenvalue weighted by Gasteiger charge is -2.38. The molecular weight excluding hydrogens is 1330 g/mol. The van der Waals surface area contributed by atoms with Gasteiger partial charge in [0, 0.05) is 169 Å². The second kappa shape index (κ2) is 51.0. The first-order chi connectivity index (χ1) is 46.1. The average molecular weight is 1450 g/mol. The van der Waals surface area contributed by atoms with E-state index in [1.54, 1.807) is 55.4 Å². The predicted octanol–water partition coefficient (Wildman–Crippen LogP) is -0.979. The Morgan fingerprint density at radius 1 is 0.306 bits per heavy atom. The molecule has 3 unspecified atom stereocenters. The summed E-state index contributed by atoms with van der Waals surface area (Å²) in [7, 11) is 0. The zero-order chi connectivity index (χ0) is 74.0. The Kier molecular flexibility index (Phi) is 47.2. The molecule has 0 spiro atoms. The zero-order valence-electron chi connectivity index (χ0n) is 61.6. The van der Waals surface area contributed by atoms with Crippen LogP contribution in [0.4, 0.5) is 0 Å². The molecule has 0 saturated carbocycles. The fraction of sp³-hybridized carbons (Fsp3) is 0.768. The van der Waals surface area contributed by atoms with E-state index < -0.39 is 0 Å². The van der Waals surface area contributed by atoms with Crippen LogP contribution < -0.4 is 10.6 Å². The Bertz CT molecular complexity index is 2600. The van der Waals surface area contributed by atoms with Gasteiger partial charge in [0.15, 0.2) is 0 Å². The molecule has 0 aromatic heterocycles. The van der Waals surface area contributed by atoms with Crippen LogP contribution >= 0.6 is 15.9 Å². The van der Waals surface area contributed by atoms with Crippen LogP contribution in [0.2, 0.25) is 0 Å². The summed E-state index contributed by atoms with van der Waals surface area (Å²) >= 11 is 3.16. The second-order valence-corrected chi connectivity index (χ2v) is 27.5. The Labute approximate surface area is 592 Å². The molecule has 3 aliphatic rings. The summed E-state index contributed by atoms with van der Waals surface area (Å²) in [4.78, 5) is 191. The summed E-state index contributed by atoms with van der Waals surface area (Å²) in [6.07, 6.45) is 2.07. The highest BCUT2D eigenvalue weighted by Crippen LogP contribution is 2.13. The number of Topliss-reactive ketones (excluding diaryl/α,β-unsaturated/α-hetero) is 12. The van der Waals surface area contributed by atoms with Crippen molar-refractivity contribution in [2.24, 2.45) is 0 Å². The highest BCUT2D eigenvalue weighted by Gasteiger charge is 2.30. The topological polar surface area (TPSA) is 302 Å². The molecule has 0 aromatic rings. The summed E-state index contributed by atoms with van der Waals surface area (Å²) in [5, 5.41) is 5.90. The van der Waals surface area contributed by atoms with E-state index in [-0.39, 0.29) is 144 Å². The van der Waals surface area contributed by atoms with E-state index in [0.29, 0.717) is 190 Å². The van der Waals surface area contributed by atoms with Gasteiger partial charge in [-0.1, -0.05) is 29.4 Å². The number of ketones is 12. The third-order valence-electron chi connectivity index (χ3n) is 16.6. The third kappa shape index (κ3) is 44.8. The number of carbonyl (C=O) groups is 14. The monoisotopic (exact) mass is 1450 g/mol. The van der Waals surface area contributed by atoms with Gasteiger partial charge in [0.05, 0.1) is 83.9 Å². The minimum Gasteiger partial charge on any atom is -0.354 e. The van der Waals surface area contributed by atoms with Crippen LogP contribution in [-0.2, 0) is 67.1 Å². The molecule has 3 saturated heterocycles. The van der Waals surface area contributed by atoms with Crippen molar-refractivity contribution in [3.05, 3.63) is 12.7 Å². The third-order valence-corrected chi connectivity index (χ3v) is 17.1. The smallest absolute Gasteiger partial charge is 0.243 e. The predicted molar refractivity (Wildman–Crippen MR) is 383 cm³/mol. The van der Waals surface area contributed by atoms with Crippen molar-refractivity contribution in [2.45, 2.75) is 115 Å². The molecular formula is C69H121BrN14O14. The van der Waals surface area contributed by atoms with Crippen LogP contribution in [-0.4, -0.2) is 393 Å². The maximum Gasteiger partial charge on any atom is 0.243 e. The van der Waals surface area contributed by atoms with E-state index in [4.69, 9.17) is 0 Å². The van der Waals surface area contributed by atoms with Gasteiger partial charge in [0.2, 0.25) is 11.8 Å². The summed E-state index contributed by atoms with van der Waals surface area (Å²) < 4.78 is 0. The fourth-order valence-corrected chi connectivity index (χ4v) is 12.5. The van der Waals surface area contributed by atoms with E-state index in [1.807, 2.05) is 34.3 Å². The fourth-order valence-electron chi connectivity index (χ4n) is 12.3. The lowest BCUT2D eigenvalue weighted by atomic mass is 10.1. The molecule has 2 N–H and O–H groups in total. The van der Waals surface area contributed by atoms with E-state index in [2.05, 4.69) is 64.6 Å². The van der Waals surface area contributed by atoms with Crippen molar-refractivity contribution in [2.75, 3.05) is 234 Å². The van der Waals surface area contributed by atoms with Crippen LogP contribution in [0.25, 0.3) is 0 Å². The number of nitrogens with zero attached hydrogens (tertiary/aromatic N) is 12. The highest BCUT2D eigenvalue weighted by molar-refractivity contribution is 9.09. The largest absolute Gasteiger partial charge is 0.354 e. The molecule has 28 nitrogen and oxygen atoms in total. The molecule has 0 radical (unpaired) electrons. The van der Waals surface area contributed by atoms with Crippen molar-refractivity contribution >= 4 is 97.1 Å². The van der Waals surface area contributed by atoms with Gasteiger partial charge in [-0.2, -0.15) is 0 Å². The molecule has 0 aliphatic carbocycles. The molecule has 98 heavy (non-hydrogen) atoms. The molecule has 29 heteroatoms. The minimum absolute atomic E-state index is 0.00369. The van der Waals surface area contributed by atoms with Gasteiger partial charge < -0.3 is 10.6 Å². The maximum absolute atomic E-state index is 12.1. The molecule has 3 atom stereocenters. The van der Waals surface area contributed by atoms with Crippen LogP contribution in [0.15, 0.2) is 12.7 Å². The molecule has 0 bridgehead atoms. The van der Waals surface area contributed by atoms with Crippen LogP contribution in [0.5, 0.6) is 0 Å². The summed E-state index contributed by atoms with van der Waals surface area (Å²) in [5.41, 5.74) is 0. The van der Waals surface area contributed by atoms with Crippen molar-refractivity contribution in [3.8, 4) is 0 Å². The van der Waals surface area contributed by atoms with E-state index >= 15 is 0 Å². The van der Waals surface area contributed by atoms with E-state index in [9.17, 15) is 67.1 Å². The quantitative estimate of drug-likeness (QED) is 0.0623. The Hall–Kier alpha value is -5.28. The van der Waals surface area contributed by atoms with Gasteiger partial charge in [-0.05, 0) is 95.6 Å². The number of rotatable bonds is 31. The Morgan fingerprint density at radius 2 is 0.500 bits per heavy atom. The first kappa shape index (κ1) is 90.7. The second-order valence-electron chi connectivity index (χ2n) is 27.0. The summed E-state index contributed by atoms with van der Waals surface area (Å²) in [6.45, 7) is 41.2. The van der Waals surface area contributed by atoms with Gasteiger partial charge in [-0.3, -0.25) is 126 Å². The standard InChI is InChI=1S/C24H41N5O5.C23H40BrN5O5.C22H40N4O4/c1-6-24(34)25-13-23-18-28(16-21(4)32)10-9-26(14-19(2)30)7-8-27(15-20(3)31)11-12-29(23)17-22(5)33;1-18(30)13-26-5-6-27(14-19(2)31)9-10-29(16-21(4)33)22(12-25-23(34)11-24)17-28(8-7-26)15-20(3)32;1-6-22-17-25(15-20(4)29)10-9-23(13-18(2)27)7-8-24(14-19(3)28)11-12-26(22)16-21(5)30/h6,23H,1,7-18H2,2-5H3,(H,25,34);22H,5-17H2,1-4H3,(H,25,34);22H,6-17H2,1-5H3. The number of alkyl halides is 1. The summed E-state index contributed by atoms with van der Waals surface area (Å²) in [5.74, 6) is 0.249. The minimum atomic E-state index is -0.308. The average Bonchev–Trinajstić information content (AvgIpc) is 0.884. The first-order valence-electron chi connectivity index (χ1n) is 34.5. The SMILES string of the molecule is C=CC(=O)NCC1CN(CC(C)=O)CCN(CC(C)=O)CCN(CC(C)=O)CCN1CC(C)=O.CC(=O)CN1CCN(CC(C)=O)CCN(CC(C)=O)C(CNC(=O)CBr)CN(CC(C)=O)CC1.CCC1CN(CC(C)=O)CCN(CC(C)=O)CCN(CC(C)=O)CCN1CC(C)=O. The van der Waals surface area contributed by atoms with Gasteiger partial charge in [-0.25, -0.2) is 0 Å². The van der Waals surface area contributed by atoms with Gasteiger partial charge in [0.1, 0.15) is 69.4 Å². The van der Waals surface area contributed by atoms with E-state index in [0.717, 1.165) is 6.42 Å². The molecule has 0 aromatic carbocycles. The van der Waals surface area contributed by atoms with Crippen LogP contribution in [0, 0.1) is 0 Å². The molecule has 558 valence electrons. The molecule has 3 aliphatic heterocycles. The van der Waals surface area contributed by atoms with Crippen molar-refractivity contribution in [3.63, 3.8) is 0 Å². The maximum atomic E-state index is 12.1. The Morgan fingerprint density at radius 3 is 0.714 bits per heavy atom. The first-order valence-corrected chi connectivity index (χ1v) is 35.6. The number of hydrogen-bond acceptors (Lipinski definition) is 26. The molecule has 3 fully saturated rings. The Balaban J connectivity index is 0.000000737. The lowest BCUT2D eigenvalue weighted by molar-refractivity contribution is -0.122. The van der Waals surface area contributed by atoms with Gasteiger partial charge in [0.25, 0.3) is 0 Å². The molecule has 3 rings (SSSR count). The number of nitrogens with one attached hydrogen (secondary N) is 2. The molecule has 3 heterocycles. The number of hydrogen-bond donors (Lipinski definition) is 2. The molecule has 2 amide bonds. The van der Waals surface area contributed by atoms with Crippen LogP contribution in [0.3, 0.4) is 0 Å². The van der Waals surface area contributed by atoms with Crippen molar-refractivity contribution in [1.29, 1.82) is 0 Å². The summed E-state index contributed by atoms with van der Waals surface area (Å²) in [6, 6.07) is -0.286. The van der Waals surface area contributed by atoms with Gasteiger partial charge >= 0.3 is 0 Å². The normalized spacial score (nSPS) is 20.6. The van der Waals surface area contributed by atoms with Crippen molar-refractivity contribution in [1.82, 2.24) is 69.4 Å². The van der Waals surface area contributed by atoms with Crippen molar-refractivity contribution < 1.29 is 67.1 Å². The number of carbonyl (C=O) groups excluding carboxylic acids is 14. The lowest BCUT2D eigenvalue weighted by Crippen LogP contribution is -2.55. The zero-order valence-corrected chi connectivity index (χ0v) is 63.2. The van der Waals surface area contributed by atoms with E-state index in [1.165, 1.54) is 33.8 Å². The number of halogens is 1. The van der Waals surface area contributed by atoms with Crippen LogP contribution in [0.1, 0.15) is 96.4 Å². The highest BCUT2D eigenvalue weighted by atomic mass is 79.9.